The number of nitrogens with zero attached hydrogens (tertiary/aromatic N) is 1. The SMILES string of the molecule is CN(C)c1ccc(COc2ccccc2C(=O)O)cc1. The Morgan fingerprint density at radius 2 is 1.75 bits per heavy atom. The first-order valence-electron chi connectivity index (χ1n) is 6.29. The van der Waals surface area contributed by atoms with E-state index < -0.39 is 5.97 Å². The third kappa shape index (κ3) is 3.29. The number of anilines is 1. The fraction of sp³-hybridized carbons (Fsp3) is 0.188. The van der Waals surface area contributed by atoms with Gasteiger partial charge in [0.25, 0.3) is 0 Å². The summed E-state index contributed by atoms with van der Waals surface area (Å²) in [6, 6.07) is 14.6. The van der Waals surface area contributed by atoms with E-state index in [1.807, 2.05) is 43.3 Å². The molecule has 2 aromatic carbocycles. The van der Waals surface area contributed by atoms with Gasteiger partial charge in [-0.3, -0.25) is 0 Å². The van der Waals surface area contributed by atoms with Crippen molar-refractivity contribution in [3.05, 3.63) is 59.7 Å². The van der Waals surface area contributed by atoms with Crippen molar-refractivity contribution in [3.63, 3.8) is 0 Å². The Balaban J connectivity index is 2.07. The minimum absolute atomic E-state index is 0.178. The van der Waals surface area contributed by atoms with Crippen molar-refractivity contribution in [2.75, 3.05) is 19.0 Å². The van der Waals surface area contributed by atoms with Crippen LogP contribution in [0.1, 0.15) is 15.9 Å². The van der Waals surface area contributed by atoms with Gasteiger partial charge in [-0.15, -0.1) is 0 Å². The molecule has 0 aromatic heterocycles. The standard InChI is InChI=1S/C16H17NO3/c1-17(2)13-9-7-12(8-10-13)11-20-15-6-4-3-5-14(15)16(18)19/h3-10H,11H2,1-2H3,(H,18,19). The van der Waals surface area contributed by atoms with Crippen LogP contribution in [0.25, 0.3) is 0 Å². The van der Waals surface area contributed by atoms with Crippen LogP contribution in [0.4, 0.5) is 5.69 Å². The highest BCUT2D eigenvalue weighted by Gasteiger charge is 2.10. The molecule has 0 atom stereocenters. The molecule has 0 aliphatic carbocycles. The second-order valence-corrected chi connectivity index (χ2v) is 4.65. The minimum Gasteiger partial charge on any atom is -0.488 e. The summed E-state index contributed by atoms with van der Waals surface area (Å²) in [6.07, 6.45) is 0. The summed E-state index contributed by atoms with van der Waals surface area (Å²) in [7, 11) is 3.96. The molecule has 0 saturated carbocycles. The highest BCUT2D eigenvalue weighted by Crippen LogP contribution is 2.20. The van der Waals surface area contributed by atoms with Crippen LogP contribution >= 0.6 is 0 Å². The Bertz CT molecular complexity index is 591. The van der Waals surface area contributed by atoms with Gasteiger partial charge in [-0.1, -0.05) is 24.3 Å². The second kappa shape index (κ2) is 6.10. The third-order valence-electron chi connectivity index (χ3n) is 2.96. The van der Waals surface area contributed by atoms with Crippen LogP contribution in [-0.4, -0.2) is 25.2 Å². The fourth-order valence-corrected chi connectivity index (χ4v) is 1.82. The Morgan fingerprint density at radius 3 is 2.35 bits per heavy atom. The Morgan fingerprint density at radius 1 is 1.10 bits per heavy atom. The molecule has 2 rings (SSSR count). The average molecular weight is 271 g/mol. The molecule has 0 aliphatic heterocycles. The molecule has 0 radical (unpaired) electrons. The van der Waals surface area contributed by atoms with Crippen molar-refractivity contribution in [1.29, 1.82) is 0 Å². The highest BCUT2D eigenvalue weighted by atomic mass is 16.5. The highest BCUT2D eigenvalue weighted by molar-refractivity contribution is 5.90. The summed E-state index contributed by atoms with van der Waals surface area (Å²) in [5.41, 5.74) is 2.29. The molecule has 4 nitrogen and oxygen atoms in total. The van der Waals surface area contributed by atoms with E-state index in [0.717, 1.165) is 11.3 Å². The number of rotatable bonds is 5. The maximum absolute atomic E-state index is 11.1. The molecule has 0 heterocycles. The number of carbonyl (C=O) groups is 1. The van der Waals surface area contributed by atoms with Gasteiger partial charge in [-0.2, -0.15) is 0 Å². The van der Waals surface area contributed by atoms with Gasteiger partial charge in [0.05, 0.1) is 0 Å². The molecule has 104 valence electrons. The molecule has 1 N–H and O–H groups in total. The second-order valence-electron chi connectivity index (χ2n) is 4.65. The number of para-hydroxylation sites is 1. The van der Waals surface area contributed by atoms with Gasteiger partial charge in [0.2, 0.25) is 0 Å². The Labute approximate surface area is 118 Å². The van der Waals surface area contributed by atoms with Crippen LogP contribution in [0.3, 0.4) is 0 Å². The lowest BCUT2D eigenvalue weighted by Crippen LogP contribution is -2.08. The lowest BCUT2D eigenvalue weighted by atomic mass is 10.2. The molecular formula is C16H17NO3. The number of carboxylic acids is 1. The molecule has 2 aromatic rings. The summed E-state index contributed by atoms with van der Waals surface area (Å²) in [4.78, 5) is 13.1. The molecule has 0 fully saturated rings. The zero-order valence-electron chi connectivity index (χ0n) is 11.5. The number of aromatic carboxylic acids is 1. The molecular weight excluding hydrogens is 254 g/mol. The average Bonchev–Trinajstić information content (AvgIpc) is 2.45. The molecule has 20 heavy (non-hydrogen) atoms. The molecule has 0 amide bonds. The van der Waals surface area contributed by atoms with Crippen LogP contribution in [0, 0.1) is 0 Å². The third-order valence-corrected chi connectivity index (χ3v) is 2.96. The lowest BCUT2D eigenvalue weighted by Gasteiger charge is -2.13. The van der Waals surface area contributed by atoms with Crippen LogP contribution in [0.2, 0.25) is 0 Å². The monoisotopic (exact) mass is 271 g/mol. The zero-order chi connectivity index (χ0) is 14.5. The normalized spacial score (nSPS) is 10.1. The van der Waals surface area contributed by atoms with E-state index in [1.54, 1.807) is 18.2 Å². The van der Waals surface area contributed by atoms with E-state index in [0.29, 0.717) is 12.4 Å². The molecule has 0 aliphatic rings. The summed E-state index contributed by atoms with van der Waals surface area (Å²) >= 11 is 0. The van der Waals surface area contributed by atoms with E-state index in [2.05, 4.69) is 0 Å². The minimum atomic E-state index is -0.983. The largest absolute Gasteiger partial charge is 0.488 e. The van der Waals surface area contributed by atoms with Gasteiger partial charge in [0.1, 0.15) is 17.9 Å². The van der Waals surface area contributed by atoms with Crippen LogP contribution < -0.4 is 9.64 Å². The van der Waals surface area contributed by atoms with E-state index >= 15 is 0 Å². The first-order chi connectivity index (χ1) is 9.58. The van der Waals surface area contributed by atoms with E-state index in [9.17, 15) is 4.79 Å². The maximum Gasteiger partial charge on any atom is 0.339 e. The van der Waals surface area contributed by atoms with Crippen molar-refractivity contribution in [3.8, 4) is 5.75 Å². The van der Waals surface area contributed by atoms with Crippen molar-refractivity contribution in [1.82, 2.24) is 0 Å². The predicted molar refractivity (Wildman–Crippen MR) is 78.5 cm³/mol. The summed E-state index contributed by atoms with van der Waals surface area (Å²) in [5.74, 6) is -0.597. The van der Waals surface area contributed by atoms with Gasteiger partial charge in [-0.25, -0.2) is 4.79 Å². The summed E-state index contributed by atoms with van der Waals surface area (Å²) in [5, 5.41) is 9.07. The van der Waals surface area contributed by atoms with Crippen molar-refractivity contribution in [2.24, 2.45) is 0 Å². The van der Waals surface area contributed by atoms with Crippen molar-refractivity contribution in [2.45, 2.75) is 6.61 Å². The quantitative estimate of drug-likeness (QED) is 0.908. The zero-order valence-corrected chi connectivity index (χ0v) is 11.5. The Hall–Kier alpha value is -2.49. The molecule has 0 bridgehead atoms. The number of ether oxygens (including phenoxy) is 1. The van der Waals surface area contributed by atoms with Crippen molar-refractivity contribution < 1.29 is 14.6 Å². The fourth-order valence-electron chi connectivity index (χ4n) is 1.82. The molecule has 0 saturated heterocycles. The summed E-state index contributed by atoms with van der Waals surface area (Å²) in [6.45, 7) is 0.345. The van der Waals surface area contributed by atoms with Gasteiger partial charge in [0, 0.05) is 19.8 Å². The van der Waals surface area contributed by atoms with Crippen molar-refractivity contribution >= 4 is 11.7 Å². The topological polar surface area (TPSA) is 49.8 Å². The number of hydrogen-bond donors (Lipinski definition) is 1. The van der Waals surface area contributed by atoms with Crippen LogP contribution in [0.5, 0.6) is 5.75 Å². The van der Waals surface area contributed by atoms with E-state index in [-0.39, 0.29) is 5.56 Å². The van der Waals surface area contributed by atoms with Crippen LogP contribution in [0.15, 0.2) is 48.5 Å². The first kappa shape index (κ1) is 13.9. The van der Waals surface area contributed by atoms with Gasteiger partial charge < -0.3 is 14.7 Å². The number of hydrogen-bond acceptors (Lipinski definition) is 3. The molecule has 0 spiro atoms. The maximum atomic E-state index is 11.1. The van der Waals surface area contributed by atoms with Gasteiger partial charge >= 0.3 is 5.97 Å². The van der Waals surface area contributed by atoms with Gasteiger partial charge in [-0.05, 0) is 29.8 Å². The van der Waals surface area contributed by atoms with E-state index in [4.69, 9.17) is 9.84 Å². The Kier molecular flexibility index (Phi) is 4.25. The van der Waals surface area contributed by atoms with Gasteiger partial charge in [0.15, 0.2) is 0 Å². The van der Waals surface area contributed by atoms with Crippen LogP contribution in [-0.2, 0) is 6.61 Å². The predicted octanol–water partition coefficient (Wildman–Crippen LogP) is 3.03. The molecule has 4 heteroatoms. The number of benzene rings is 2. The lowest BCUT2D eigenvalue weighted by molar-refractivity contribution is 0.0692. The first-order valence-corrected chi connectivity index (χ1v) is 6.29. The number of carboxylic acid groups (broad SMARTS) is 1. The van der Waals surface area contributed by atoms with E-state index in [1.165, 1.54) is 6.07 Å². The smallest absolute Gasteiger partial charge is 0.339 e. The molecule has 0 unspecified atom stereocenters. The summed E-state index contributed by atoms with van der Waals surface area (Å²) < 4.78 is 5.59.